The quantitative estimate of drug-likeness (QED) is 0.660. The van der Waals surface area contributed by atoms with E-state index < -0.39 is 5.97 Å². The van der Waals surface area contributed by atoms with E-state index in [0.29, 0.717) is 46.8 Å². The number of carbonyl (C=O) groups excluding carboxylic acids is 1. The zero-order valence-corrected chi connectivity index (χ0v) is 20.4. The zero-order valence-electron chi connectivity index (χ0n) is 20.4. The number of aliphatic carboxylic acids is 1. The van der Waals surface area contributed by atoms with Gasteiger partial charge in [-0.25, -0.2) is 14.5 Å². The topological polar surface area (TPSA) is 120 Å². The minimum Gasteiger partial charge on any atom is -0.489 e. The highest BCUT2D eigenvalue weighted by Crippen LogP contribution is 2.45. The lowest BCUT2D eigenvalue weighted by molar-refractivity contribution is -0.143. The van der Waals surface area contributed by atoms with Gasteiger partial charge in [-0.05, 0) is 57.6 Å². The number of hydrogen-bond acceptors (Lipinski definition) is 7. The van der Waals surface area contributed by atoms with Crippen LogP contribution in [0.2, 0.25) is 0 Å². The Bertz CT molecular complexity index is 1100. The SMILES string of the molecule is Cc1nc(-c2nnn(C)c2COC(=O)N2CC3(CCCC3)C2)ccc1O[C@H]1CCC[C@H](C(=O)O)C1. The van der Waals surface area contributed by atoms with Gasteiger partial charge in [-0.2, -0.15) is 0 Å². The van der Waals surface area contributed by atoms with Crippen molar-refractivity contribution < 1.29 is 24.2 Å². The van der Waals surface area contributed by atoms with Crippen molar-refractivity contribution in [3.05, 3.63) is 23.5 Å². The first-order valence-corrected chi connectivity index (χ1v) is 12.5. The molecule has 3 fully saturated rings. The highest BCUT2D eigenvalue weighted by molar-refractivity contribution is 5.70. The molecule has 35 heavy (non-hydrogen) atoms. The van der Waals surface area contributed by atoms with Gasteiger partial charge in [0.15, 0.2) is 0 Å². The summed E-state index contributed by atoms with van der Waals surface area (Å²) < 4.78 is 13.3. The minimum absolute atomic E-state index is 0.0683. The van der Waals surface area contributed by atoms with Crippen LogP contribution in [0, 0.1) is 18.3 Å². The number of carboxylic acid groups (broad SMARTS) is 1. The van der Waals surface area contributed by atoms with E-state index in [9.17, 15) is 14.7 Å². The summed E-state index contributed by atoms with van der Waals surface area (Å²) in [5, 5.41) is 17.7. The van der Waals surface area contributed by atoms with Gasteiger partial charge < -0.3 is 19.5 Å². The average Bonchev–Trinajstić information content (AvgIpc) is 3.45. The Morgan fingerprint density at radius 2 is 1.94 bits per heavy atom. The number of pyridine rings is 1. The molecule has 1 amide bonds. The Hall–Kier alpha value is -3.17. The van der Waals surface area contributed by atoms with Crippen LogP contribution >= 0.6 is 0 Å². The van der Waals surface area contributed by atoms with Crippen molar-refractivity contribution >= 4 is 12.1 Å². The molecule has 2 saturated carbocycles. The minimum atomic E-state index is -0.758. The zero-order chi connectivity index (χ0) is 24.6. The van der Waals surface area contributed by atoms with Gasteiger partial charge in [0.05, 0.1) is 23.4 Å². The van der Waals surface area contributed by atoms with Gasteiger partial charge in [-0.3, -0.25) is 4.79 Å². The van der Waals surface area contributed by atoms with Gasteiger partial charge in [-0.1, -0.05) is 18.1 Å². The Morgan fingerprint density at radius 3 is 2.66 bits per heavy atom. The fraction of sp³-hybridized carbons (Fsp3) is 0.640. The van der Waals surface area contributed by atoms with Crippen LogP contribution in [0.1, 0.15) is 62.8 Å². The van der Waals surface area contributed by atoms with E-state index in [4.69, 9.17) is 9.47 Å². The molecule has 0 aromatic carbocycles. The van der Waals surface area contributed by atoms with Crippen molar-refractivity contribution in [1.29, 1.82) is 0 Å². The van der Waals surface area contributed by atoms with Gasteiger partial charge in [0.2, 0.25) is 0 Å². The number of aromatic nitrogens is 4. The van der Waals surface area contributed by atoms with Crippen LogP contribution in [0.25, 0.3) is 11.4 Å². The molecule has 2 aromatic heterocycles. The number of carboxylic acids is 1. The van der Waals surface area contributed by atoms with Crippen LogP contribution in [0.3, 0.4) is 0 Å². The summed E-state index contributed by atoms with van der Waals surface area (Å²) >= 11 is 0. The number of ether oxygens (including phenoxy) is 2. The first-order valence-electron chi connectivity index (χ1n) is 12.5. The second kappa shape index (κ2) is 9.47. The van der Waals surface area contributed by atoms with Crippen molar-refractivity contribution in [2.24, 2.45) is 18.4 Å². The summed E-state index contributed by atoms with van der Waals surface area (Å²) in [4.78, 5) is 30.4. The molecular weight excluding hydrogens is 450 g/mol. The molecule has 5 rings (SSSR count). The summed E-state index contributed by atoms with van der Waals surface area (Å²) in [5.41, 5.74) is 2.88. The van der Waals surface area contributed by atoms with Crippen LogP contribution in [0.4, 0.5) is 4.79 Å². The van der Waals surface area contributed by atoms with E-state index in [2.05, 4.69) is 15.3 Å². The predicted molar refractivity (Wildman–Crippen MR) is 126 cm³/mol. The third kappa shape index (κ3) is 4.83. The summed E-state index contributed by atoms with van der Waals surface area (Å²) in [6.07, 6.45) is 7.38. The van der Waals surface area contributed by atoms with Crippen LogP contribution in [0.15, 0.2) is 12.1 Å². The van der Waals surface area contributed by atoms with Crippen molar-refractivity contribution in [1.82, 2.24) is 24.9 Å². The van der Waals surface area contributed by atoms with E-state index >= 15 is 0 Å². The van der Waals surface area contributed by atoms with Gasteiger partial charge in [0.25, 0.3) is 0 Å². The first-order chi connectivity index (χ1) is 16.8. The number of rotatable bonds is 6. The predicted octanol–water partition coefficient (Wildman–Crippen LogP) is 3.72. The second-order valence-corrected chi connectivity index (χ2v) is 10.3. The fourth-order valence-corrected chi connectivity index (χ4v) is 5.75. The van der Waals surface area contributed by atoms with Crippen molar-refractivity contribution in [2.45, 2.75) is 71.0 Å². The lowest BCUT2D eigenvalue weighted by atomic mass is 9.79. The molecule has 10 heteroatoms. The molecule has 10 nitrogen and oxygen atoms in total. The summed E-state index contributed by atoms with van der Waals surface area (Å²) in [5.74, 6) is -0.474. The number of carbonyl (C=O) groups is 2. The van der Waals surface area contributed by atoms with E-state index in [0.717, 1.165) is 25.9 Å². The van der Waals surface area contributed by atoms with Crippen molar-refractivity contribution in [3.8, 4) is 17.1 Å². The maximum atomic E-state index is 12.6. The number of hydrogen-bond donors (Lipinski definition) is 1. The highest BCUT2D eigenvalue weighted by atomic mass is 16.6. The maximum Gasteiger partial charge on any atom is 0.410 e. The van der Waals surface area contributed by atoms with E-state index in [1.807, 2.05) is 19.1 Å². The summed E-state index contributed by atoms with van der Waals surface area (Å²) in [6, 6.07) is 3.65. The molecule has 1 spiro atoms. The molecule has 0 unspecified atom stereocenters. The molecule has 3 heterocycles. The van der Waals surface area contributed by atoms with Gasteiger partial charge in [0.1, 0.15) is 23.7 Å². The summed E-state index contributed by atoms with van der Waals surface area (Å²) in [6.45, 7) is 3.51. The lowest BCUT2D eigenvalue weighted by Gasteiger charge is -2.47. The second-order valence-electron chi connectivity index (χ2n) is 10.3. The van der Waals surface area contributed by atoms with E-state index in [1.54, 1.807) is 16.6 Å². The fourth-order valence-electron chi connectivity index (χ4n) is 5.75. The van der Waals surface area contributed by atoms with E-state index in [1.165, 1.54) is 25.7 Å². The van der Waals surface area contributed by atoms with Crippen LogP contribution in [-0.4, -0.2) is 61.2 Å². The monoisotopic (exact) mass is 483 g/mol. The Kier molecular flexibility index (Phi) is 6.37. The molecular formula is C25H33N5O5. The van der Waals surface area contributed by atoms with Gasteiger partial charge in [0, 0.05) is 25.6 Å². The van der Waals surface area contributed by atoms with Crippen LogP contribution in [-0.2, 0) is 23.2 Å². The molecule has 2 aliphatic carbocycles. The Balaban J connectivity index is 1.22. The molecule has 1 saturated heterocycles. The number of aryl methyl sites for hydroxylation is 2. The van der Waals surface area contributed by atoms with Gasteiger partial charge in [-0.15, -0.1) is 5.10 Å². The Morgan fingerprint density at radius 1 is 1.17 bits per heavy atom. The third-order valence-corrected chi connectivity index (χ3v) is 7.80. The summed E-state index contributed by atoms with van der Waals surface area (Å²) in [7, 11) is 1.77. The molecule has 1 aliphatic heterocycles. The normalized spacial score (nSPS) is 23.2. The molecule has 2 atom stereocenters. The largest absolute Gasteiger partial charge is 0.489 e. The molecule has 0 bridgehead atoms. The number of nitrogens with zero attached hydrogens (tertiary/aromatic N) is 5. The molecule has 188 valence electrons. The van der Waals surface area contributed by atoms with Crippen LogP contribution < -0.4 is 4.74 Å². The van der Waals surface area contributed by atoms with Crippen molar-refractivity contribution in [3.63, 3.8) is 0 Å². The molecule has 2 aromatic rings. The van der Waals surface area contributed by atoms with Crippen LogP contribution in [0.5, 0.6) is 5.75 Å². The highest BCUT2D eigenvalue weighted by Gasteiger charge is 2.47. The smallest absolute Gasteiger partial charge is 0.410 e. The first kappa shape index (κ1) is 23.6. The standard InChI is InChI=1S/C25H33N5O5/c1-16-21(35-18-7-5-6-17(12-18)23(31)32)9-8-19(26-16)22-20(29(2)28-27-22)13-34-24(33)30-14-25(15-30)10-3-4-11-25/h8-9,17-18H,3-7,10-15H2,1-2H3,(H,31,32)/t17-,18-/m0/s1. The molecule has 0 radical (unpaired) electrons. The molecule has 3 aliphatic rings. The number of likely N-dealkylation sites (tertiary alicyclic amines) is 1. The Labute approximate surface area is 204 Å². The lowest BCUT2D eigenvalue weighted by Crippen LogP contribution is -2.57. The van der Waals surface area contributed by atoms with E-state index in [-0.39, 0.29) is 24.7 Å². The third-order valence-electron chi connectivity index (χ3n) is 7.80. The number of amides is 1. The maximum absolute atomic E-state index is 12.6. The molecule has 1 N–H and O–H groups in total. The average molecular weight is 484 g/mol. The van der Waals surface area contributed by atoms with Gasteiger partial charge >= 0.3 is 12.1 Å². The van der Waals surface area contributed by atoms with Crippen molar-refractivity contribution in [2.75, 3.05) is 13.1 Å².